The number of imidazole rings is 1. The molecule has 1 N–H and O–H groups in total. The number of aryl methyl sites for hydroxylation is 2. The third-order valence-electron chi connectivity index (χ3n) is 7.52. The number of hydrogen-bond acceptors (Lipinski definition) is 5. The Labute approximate surface area is 232 Å². The number of ether oxygens (including phenoxy) is 1. The minimum absolute atomic E-state index is 0.258. The van der Waals surface area contributed by atoms with Gasteiger partial charge in [0, 0.05) is 45.2 Å². The second-order valence-corrected chi connectivity index (χ2v) is 10.5. The van der Waals surface area contributed by atoms with Crippen molar-refractivity contribution in [2.75, 3.05) is 11.4 Å². The molecule has 3 aromatic carbocycles. The molecule has 0 spiro atoms. The van der Waals surface area contributed by atoms with Gasteiger partial charge >= 0.3 is 6.03 Å². The zero-order chi connectivity index (χ0) is 28.0. The van der Waals surface area contributed by atoms with Gasteiger partial charge in [0.1, 0.15) is 29.0 Å². The number of nitrogens with zero attached hydrogens (tertiary/aromatic N) is 4. The van der Waals surface area contributed by atoms with Crippen molar-refractivity contribution in [3.8, 4) is 22.9 Å². The Balaban J connectivity index is 1.12. The molecule has 0 aliphatic carbocycles. The van der Waals surface area contributed by atoms with Crippen molar-refractivity contribution in [3.05, 3.63) is 94.4 Å². The highest BCUT2D eigenvalue weighted by molar-refractivity contribution is 6.05. The number of imide groups is 1. The fraction of sp³-hybridized carbons (Fsp3) is 0.258. The molecule has 1 fully saturated rings. The summed E-state index contributed by atoms with van der Waals surface area (Å²) in [6.45, 7) is 6.51. The van der Waals surface area contributed by atoms with E-state index in [0.717, 1.165) is 47.9 Å². The van der Waals surface area contributed by atoms with Crippen LogP contribution in [0.15, 0.2) is 60.8 Å². The topological polar surface area (TPSA) is 79.7 Å². The van der Waals surface area contributed by atoms with Crippen LogP contribution < -0.4 is 15.0 Å². The molecule has 0 bridgehead atoms. The van der Waals surface area contributed by atoms with E-state index in [1.807, 2.05) is 37.6 Å². The third kappa shape index (κ3) is 4.96. The number of benzene rings is 3. The first-order valence-electron chi connectivity index (χ1n) is 13.3. The fourth-order valence-electron chi connectivity index (χ4n) is 5.52. The largest absolute Gasteiger partial charge is 0.457 e. The molecule has 1 aromatic heterocycles. The number of carbonyl (C=O) groups is 2. The first kappa shape index (κ1) is 25.8. The van der Waals surface area contributed by atoms with E-state index in [0.29, 0.717) is 18.1 Å². The van der Waals surface area contributed by atoms with Gasteiger partial charge in [0.15, 0.2) is 0 Å². The number of anilines is 1. The summed E-state index contributed by atoms with van der Waals surface area (Å²) in [6, 6.07) is 17.0. The summed E-state index contributed by atoms with van der Waals surface area (Å²) in [5.41, 5.74) is 6.24. The van der Waals surface area contributed by atoms with Crippen LogP contribution in [-0.4, -0.2) is 32.9 Å². The van der Waals surface area contributed by atoms with Crippen molar-refractivity contribution < 1.29 is 18.7 Å². The molecule has 204 valence electrons. The smallest absolute Gasteiger partial charge is 0.329 e. The van der Waals surface area contributed by atoms with E-state index in [2.05, 4.69) is 45.5 Å². The van der Waals surface area contributed by atoms with Crippen LogP contribution >= 0.6 is 0 Å². The van der Waals surface area contributed by atoms with Gasteiger partial charge in [-0.25, -0.2) is 14.2 Å². The number of carbonyl (C=O) groups excluding carboxylic acids is 2. The molecule has 3 heterocycles. The number of amides is 3. The van der Waals surface area contributed by atoms with Crippen molar-refractivity contribution in [1.82, 2.24) is 19.8 Å². The standard InChI is InChI=1S/C31H30FN5O3/c1-19-12-25(32)13-20(2)29(19)40-26-8-4-21(5-9-26)16-36-17-23-7-6-22(14-24(23)18-36)30-33-15-28(35(30)3)37-11-10-27(38)34-31(37)39/h4-9,12-15H,10-11,16-18H2,1-3H3,(H,34,38,39). The molecule has 0 atom stereocenters. The highest BCUT2D eigenvalue weighted by Crippen LogP contribution is 2.32. The lowest BCUT2D eigenvalue weighted by atomic mass is 10.1. The van der Waals surface area contributed by atoms with E-state index in [4.69, 9.17) is 4.74 Å². The van der Waals surface area contributed by atoms with Gasteiger partial charge in [-0.3, -0.25) is 19.9 Å². The van der Waals surface area contributed by atoms with Crippen LogP contribution in [0.3, 0.4) is 0 Å². The second-order valence-electron chi connectivity index (χ2n) is 10.5. The van der Waals surface area contributed by atoms with Crippen LogP contribution in [0, 0.1) is 19.7 Å². The Morgan fingerprint density at radius 2 is 1.70 bits per heavy atom. The number of halogens is 1. The van der Waals surface area contributed by atoms with E-state index in [-0.39, 0.29) is 18.1 Å². The molecular formula is C31H30FN5O3. The van der Waals surface area contributed by atoms with E-state index in [9.17, 15) is 14.0 Å². The van der Waals surface area contributed by atoms with Crippen molar-refractivity contribution in [2.24, 2.45) is 7.05 Å². The average molecular weight is 540 g/mol. The molecule has 2 aliphatic rings. The average Bonchev–Trinajstić information content (AvgIpc) is 3.49. The molecule has 40 heavy (non-hydrogen) atoms. The minimum atomic E-state index is -0.421. The molecule has 2 aliphatic heterocycles. The molecule has 0 saturated carbocycles. The Morgan fingerprint density at radius 1 is 0.975 bits per heavy atom. The highest BCUT2D eigenvalue weighted by Gasteiger charge is 2.27. The van der Waals surface area contributed by atoms with Gasteiger partial charge in [-0.2, -0.15) is 0 Å². The summed E-state index contributed by atoms with van der Waals surface area (Å²) in [5.74, 6) is 2.31. The van der Waals surface area contributed by atoms with Crippen LogP contribution in [0.4, 0.5) is 15.0 Å². The van der Waals surface area contributed by atoms with Crippen molar-refractivity contribution in [1.29, 1.82) is 0 Å². The van der Waals surface area contributed by atoms with Crippen molar-refractivity contribution in [2.45, 2.75) is 39.9 Å². The van der Waals surface area contributed by atoms with Gasteiger partial charge in [-0.15, -0.1) is 0 Å². The lowest BCUT2D eigenvalue weighted by Gasteiger charge is -2.26. The maximum Gasteiger partial charge on any atom is 0.329 e. The predicted octanol–water partition coefficient (Wildman–Crippen LogP) is 5.60. The normalized spacial score (nSPS) is 15.3. The lowest BCUT2D eigenvalue weighted by molar-refractivity contribution is -0.120. The van der Waals surface area contributed by atoms with Crippen LogP contribution in [0.2, 0.25) is 0 Å². The number of hydrogen-bond donors (Lipinski definition) is 1. The molecule has 9 heteroatoms. The Hall–Kier alpha value is -4.50. The van der Waals surface area contributed by atoms with Crippen LogP contribution in [0.25, 0.3) is 11.4 Å². The molecule has 0 radical (unpaired) electrons. The van der Waals surface area contributed by atoms with E-state index in [1.54, 1.807) is 11.1 Å². The monoisotopic (exact) mass is 539 g/mol. The molecule has 3 amide bonds. The molecule has 0 unspecified atom stereocenters. The first-order valence-corrected chi connectivity index (χ1v) is 13.3. The number of aromatic nitrogens is 2. The fourth-order valence-corrected chi connectivity index (χ4v) is 5.52. The summed E-state index contributed by atoms with van der Waals surface area (Å²) >= 11 is 0. The quantitative estimate of drug-likeness (QED) is 0.345. The number of nitrogens with one attached hydrogen (secondary N) is 1. The maximum atomic E-state index is 13.6. The van der Waals surface area contributed by atoms with Crippen molar-refractivity contribution in [3.63, 3.8) is 0 Å². The highest BCUT2D eigenvalue weighted by atomic mass is 19.1. The molecule has 6 rings (SSSR count). The van der Waals surface area contributed by atoms with Crippen molar-refractivity contribution >= 4 is 17.8 Å². The van der Waals surface area contributed by atoms with E-state index < -0.39 is 6.03 Å². The van der Waals surface area contributed by atoms with E-state index >= 15 is 0 Å². The van der Waals surface area contributed by atoms with Crippen LogP contribution in [0.5, 0.6) is 11.5 Å². The Morgan fingerprint density at radius 3 is 2.42 bits per heavy atom. The number of urea groups is 1. The second kappa shape index (κ2) is 10.2. The maximum absolute atomic E-state index is 13.6. The zero-order valence-electron chi connectivity index (χ0n) is 22.7. The Bertz CT molecular complexity index is 1610. The molecule has 8 nitrogen and oxygen atoms in total. The summed E-state index contributed by atoms with van der Waals surface area (Å²) < 4.78 is 21.6. The summed E-state index contributed by atoms with van der Waals surface area (Å²) in [6.07, 6.45) is 1.95. The van der Waals surface area contributed by atoms with Gasteiger partial charge in [0.05, 0.1) is 6.20 Å². The molecule has 4 aromatic rings. The van der Waals surface area contributed by atoms with Gasteiger partial charge in [-0.05, 0) is 72.0 Å². The van der Waals surface area contributed by atoms with Gasteiger partial charge in [0.2, 0.25) is 5.91 Å². The SMILES string of the molecule is Cc1cc(F)cc(C)c1Oc1ccc(CN2Cc3ccc(-c4ncc(N5CCC(=O)NC5=O)n4C)cc3C2)cc1. The summed E-state index contributed by atoms with van der Waals surface area (Å²) in [7, 11) is 1.88. The number of fused-ring (bicyclic) bond motifs is 1. The number of rotatable bonds is 6. The minimum Gasteiger partial charge on any atom is -0.457 e. The summed E-state index contributed by atoms with van der Waals surface area (Å²) in [5, 5.41) is 2.36. The predicted molar refractivity (Wildman–Crippen MR) is 149 cm³/mol. The van der Waals surface area contributed by atoms with Crippen LogP contribution in [-0.2, 0) is 31.5 Å². The molecular weight excluding hydrogens is 509 g/mol. The van der Waals surface area contributed by atoms with E-state index in [1.165, 1.54) is 28.8 Å². The van der Waals surface area contributed by atoms with Gasteiger partial charge in [0.25, 0.3) is 0 Å². The van der Waals surface area contributed by atoms with Gasteiger partial charge < -0.3 is 9.30 Å². The van der Waals surface area contributed by atoms with Gasteiger partial charge in [-0.1, -0.05) is 24.3 Å². The lowest BCUT2D eigenvalue weighted by Crippen LogP contribution is -2.50. The third-order valence-corrected chi connectivity index (χ3v) is 7.52. The van der Waals surface area contributed by atoms with Crippen LogP contribution in [0.1, 0.15) is 34.2 Å². The molecule has 1 saturated heterocycles. The zero-order valence-corrected chi connectivity index (χ0v) is 22.7. The summed E-state index contributed by atoms with van der Waals surface area (Å²) in [4.78, 5) is 32.4. The first-order chi connectivity index (χ1) is 19.2. The Kier molecular flexibility index (Phi) is 6.59.